The largest absolute Gasteiger partial charge is 0.348 e. The normalized spacial score (nSPS) is 16.9. The fourth-order valence-electron chi connectivity index (χ4n) is 3.37. The van der Waals surface area contributed by atoms with Crippen LogP contribution in [0.5, 0.6) is 0 Å². The van der Waals surface area contributed by atoms with Gasteiger partial charge in [0.1, 0.15) is 6.33 Å². The van der Waals surface area contributed by atoms with E-state index < -0.39 is 0 Å². The monoisotopic (exact) mass is 393 g/mol. The number of carbonyl (C=O) groups is 1. The Morgan fingerprint density at radius 2 is 1.96 bits per heavy atom. The standard InChI is InChI=1S/C21H23N5OS/c27-20(18-8-6-17(7-9-18)14-28-21-22-15-23-25-21)24-19-10-11-26(13-19)12-16-4-2-1-3-5-16/h1-9,15,19H,10-14H2,(H,24,27)(H,22,23,25)/t19-/m1/s1. The van der Waals surface area contributed by atoms with Gasteiger partial charge in [0.2, 0.25) is 0 Å². The third-order valence-electron chi connectivity index (χ3n) is 4.84. The maximum absolute atomic E-state index is 12.6. The van der Waals surface area contributed by atoms with Gasteiger partial charge in [-0.25, -0.2) is 4.98 Å². The molecule has 4 rings (SSSR count). The molecule has 7 heteroatoms. The summed E-state index contributed by atoms with van der Waals surface area (Å²) >= 11 is 1.59. The van der Waals surface area contributed by atoms with Crippen molar-refractivity contribution in [3.8, 4) is 0 Å². The van der Waals surface area contributed by atoms with Crippen molar-refractivity contribution in [2.75, 3.05) is 13.1 Å². The summed E-state index contributed by atoms with van der Waals surface area (Å²) in [5.41, 5.74) is 3.16. The van der Waals surface area contributed by atoms with E-state index in [-0.39, 0.29) is 11.9 Å². The number of H-pyrrole nitrogens is 1. The minimum atomic E-state index is 0.000925. The molecule has 1 amide bonds. The number of hydrogen-bond donors (Lipinski definition) is 2. The Kier molecular flexibility index (Phi) is 6.04. The van der Waals surface area contributed by atoms with E-state index in [0.29, 0.717) is 5.56 Å². The molecule has 1 atom stereocenters. The number of aromatic nitrogens is 3. The molecule has 2 N–H and O–H groups in total. The molecule has 0 aliphatic carbocycles. The van der Waals surface area contributed by atoms with Crippen LogP contribution in [0.1, 0.15) is 27.9 Å². The Labute approximate surface area is 168 Å². The highest BCUT2D eigenvalue weighted by Gasteiger charge is 2.24. The number of nitrogens with one attached hydrogen (secondary N) is 2. The molecule has 1 saturated heterocycles. The lowest BCUT2D eigenvalue weighted by Gasteiger charge is -2.17. The molecular weight excluding hydrogens is 370 g/mol. The molecule has 1 fully saturated rings. The van der Waals surface area contributed by atoms with Crippen LogP contribution >= 0.6 is 11.8 Å². The molecule has 3 aromatic rings. The van der Waals surface area contributed by atoms with Gasteiger partial charge in [-0.05, 0) is 29.7 Å². The van der Waals surface area contributed by atoms with E-state index in [4.69, 9.17) is 0 Å². The van der Waals surface area contributed by atoms with E-state index in [2.05, 4.69) is 49.7 Å². The van der Waals surface area contributed by atoms with Crippen LogP contribution in [-0.2, 0) is 12.3 Å². The van der Waals surface area contributed by atoms with Crippen molar-refractivity contribution < 1.29 is 4.79 Å². The van der Waals surface area contributed by atoms with Crippen LogP contribution in [0.4, 0.5) is 0 Å². The molecule has 6 nitrogen and oxygen atoms in total. The van der Waals surface area contributed by atoms with Gasteiger partial charge in [-0.15, -0.1) is 0 Å². The molecule has 1 aliphatic rings. The summed E-state index contributed by atoms with van der Waals surface area (Å²) in [7, 11) is 0. The lowest BCUT2D eigenvalue weighted by Crippen LogP contribution is -2.36. The molecule has 0 radical (unpaired) electrons. The second-order valence-electron chi connectivity index (χ2n) is 6.96. The van der Waals surface area contributed by atoms with Crippen molar-refractivity contribution in [2.24, 2.45) is 0 Å². The van der Waals surface area contributed by atoms with Crippen LogP contribution in [0, 0.1) is 0 Å². The number of aromatic amines is 1. The molecule has 0 unspecified atom stereocenters. The Hall–Kier alpha value is -2.64. The van der Waals surface area contributed by atoms with Gasteiger partial charge in [0.05, 0.1) is 0 Å². The van der Waals surface area contributed by atoms with Crippen LogP contribution < -0.4 is 5.32 Å². The number of thioether (sulfide) groups is 1. The molecule has 144 valence electrons. The number of amides is 1. The molecule has 2 heterocycles. The lowest BCUT2D eigenvalue weighted by molar-refractivity contribution is 0.0937. The number of rotatable bonds is 7. The van der Waals surface area contributed by atoms with E-state index in [9.17, 15) is 4.79 Å². The zero-order valence-electron chi connectivity index (χ0n) is 15.5. The first kappa shape index (κ1) is 18.7. The Morgan fingerprint density at radius 1 is 1.14 bits per heavy atom. The average Bonchev–Trinajstić information content (AvgIpc) is 3.40. The van der Waals surface area contributed by atoms with Crippen LogP contribution in [0.3, 0.4) is 0 Å². The highest BCUT2D eigenvalue weighted by molar-refractivity contribution is 7.98. The SMILES string of the molecule is O=C(N[C@@H]1CCN(Cc2ccccc2)C1)c1ccc(CSc2ncn[nH]2)cc1. The Morgan fingerprint density at radius 3 is 2.71 bits per heavy atom. The molecular formula is C21H23N5OS. The van der Waals surface area contributed by atoms with Gasteiger partial charge in [0, 0.05) is 37.0 Å². The van der Waals surface area contributed by atoms with Crippen molar-refractivity contribution in [3.05, 3.63) is 77.6 Å². The summed E-state index contributed by atoms with van der Waals surface area (Å²) in [6.45, 7) is 2.84. The number of nitrogens with zero attached hydrogens (tertiary/aromatic N) is 3. The van der Waals surface area contributed by atoms with E-state index in [1.807, 2.05) is 30.3 Å². The predicted octanol–water partition coefficient (Wildman–Crippen LogP) is 3.10. The second-order valence-corrected chi connectivity index (χ2v) is 7.92. The van der Waals surface area contributed by atoms with E-state index in [1.54, 1.807) is 11.8 Å². The first-order valence-electron chi connectivity index (χ1n) is 9.40. The van der Waals surface area contributed by atoms with Crippen molar-refractivity contribution in [3.63, 3.8) is 0 Å². The number of hydrogen-bond acceptors (Lipinski definition) is 5. The minimum absolute atomic E-state index is 0.000925. The summed E-state index contributed by atoms with van der Waals surface area (Å²) in [5, 5.41) is 10.6. The van der Waals surface area contributed by atoms with Gasteiger partial charge in [-0.2, -0.15) is 5.10 Å². The predicted molar refractivity (Wildman–Crippen MR) is 110 cm³/mol. The van der Waals surface area contributed by atoms with Gasteiger partial charge in [-0.3, -0.25) is 14.8 Å². The van der Waals surface area contributed by atoms with Gasteiger partial charge >= 0.3 is 0 Å². The van der Waals surface area contributed by atoms with Gasteiger partial charge < -0.3 is 5.32 Å². The Balaban J connectivity index is 1.25. The van der Waals surface area contributed by atoms with Crippen LogP contribution in [-0.4, -0.2) is 45.1 Å². The first-order valence-corrected chi connectivity index (χ1v) is 10.4. The molecule has 1 aliphatic heterocycles. The second kappa shape index (κ2) is 9.03. The summed E-state index contributed by atoms with van der Waals surface area (Å²) in [6.07, 6.45) is 2.49. The van der Waals surface area contributed by atoms with Gasteiger partial charge in [-0.1, -0.05) is 54.2 Å². The summed E-state index contributed by atoms with van der Waals surface area (Å²) in [5.74, 6) is 0.787. The molecule has 28 heavy (non-hydrogen) atoms. The van der Waals surface area contributed by atoms with Crippen LogP contribution in [0.2, 0.25) is 0 Å². The van der Waals surface area contributed by atoms with E-state index in [0.717, 1.165) is 42.5 Å². The zero-order valence-corrected chi connectivity index (χ0v) is 16.4. The molecule has 2 aromatic carbocycles. The Bertz CT molecular complexity index is 883. The van der Waals surface area contributed by atoms with E-state index >= 15 is 0 Å². The topological polar surface area (TPSA) is 73.9 Å². The van der Waals surface area contributed by atoms with Gasteiger partial charge in [0.15, 0.2) is 5.16 Å². The highest BCUT2D eigenvalue weighted by Crippen LogP contribution is 2.19. The number of benzene rings is 2. The summed E-state index contributed by atoms with van der Waals surface area (Å²) in [4.78, 5) is 19.1. The van der Waals surface area contributed by atoms with Gasteiger partial charge in [0.25, 0.3) is 5.91 Å². The molecule has 0 bridgehead atoms. The van der Waals surface area contributed by atoms with Crippen molar-refractivity contribution in [1.29, 1.82) is 0 Å². The third-order valence-corrected chi connectivity index (χ3v) is 5.79. The fraction of sp³-hybridized carbons (Fsp3) is 0.286. The van der Waals surface area contributed by atoms with Crippen LogP contribution in [0.25, 0.3) is 0 Å². The van der Waals surface area contributed by atoms with Crippen molar-refractivity contribution >= 4 is 17.7 Å². The number of likely N-dealkylation sites (tertiary alicyclic amines) is 1. The highest BCUT2D eigenvalue weighted by atomic mass is 32.2. The fourth-order valence-corrected chi connectivity index (χ4v) is 4.11. The average molecular weight is 394 g/mol. The summed E-state index contributed by atoms with van der Waals surface area (Å²) in [6, 6.07) is 18.4. The summed E-state index contributed by atoms with van der Waals surface area (Å²) < 4.78 is 0. The lowest BCUT2D eigenvalue weighted by atomic mass is 10.1. The third kappa shape index (κ3) is 4.99. The smallest absolute Gasteiger partial charge is 0.251 e. The minimum Gasteiger partial charge on any atom is -0.348 e. The van der Waals surface area contributed by atoms with E-state index in [1.165, 1.54) is 11.9 Å². The zero-order chi connectivity index (χ0) is 19.2. The molecule has 1 aromatic heterocycles. The molecule has 0 spiro atoms. The maximum atomic E-state index is 12.6. The van der Waals surface area contributed by atoms with Crippen molar-refractivity contribution in [2.45, 2.75) is 29.9 Å². The quantitative estimate of drug-likeness (QED) is 0.604. The van der Waals surface area contributed by atoms with Crippen molar-refractivity contribution in [1.82, 2.24) is 25.4 Å². The molecule has 0 saturated carbocycles. The van der Waals surface area contributed by atoms with Crippen LogP contribution in [0.15, 0.2) is 66.1 Å². The first-order chi connectivity index (χ1) is 13.8. The maximum Gasteiger partial charge on any atom is 0.251 e. The number of carbonyl (C=O) groups excluding carboxylic acids is 1.